The molecule has 1 aromatic carbocycles. The summed E-state index contributed by atoms with van der Waals surface area (Å²) in [6.07, 6.45) is 2.63. The summed E-state index contributed by atoms with van der Waals surface area (Å²) in [5, 5.41) is 11.4. The van der Waals surface area contributed by atoms with Gasteiger partial charge in [-0.05, 0) is 0 Å². The minimum atomic E-state index is -1.49. The number of hydrogen-bond acceptors (Lipinski definition) is 5. The Labute approximate surface area is 222 Å². The molecule has 3 heterocycles. The summed E-state index contributed by atoms with van der Waals surface area (Å²) in [7, 11) is 0. The van der Waals surface area contributed by atoms with Crippen molar-refractivity contribution in [2.45, 2.75) is 61.1 Å². The van der Waals surface area contributed by atoms with Crippen LogP contribution in [0.25, 0.3) is 0 Å². The summed E-state index contributed by atoms with van der Waals surface area (Å²) in [5.41, 5.74) is -1.38. The van der Waals surface area contributed by atoms with Crippen LogP contribution in [0, 0.1) is 0 Å². The Hall–Kier alpha value is -0.650. The fraction of sp³-hybridized carbons (Fsp3) is 0.667. The van der Waals surface area contributed by atoms with E-state index in [1.54, 1.807) is 17.0 Å². The van der Waals surface area contributed by atoms with E-state index >= 15 is 0 Å². The topological polar surface area (TPSA) is 73.3 Å². The van der Waals surface area contributed by atoms with Gasteiger partial charge in [-0.2, -0.15) is 0 Å². The number of benzene rings is 1. The van der Waals surface area contributed by atoms with Gasteiger partial charge in [0.05, 0.1) is 0 Å². The van der Waals surface area contributed by atoms with Crippen molar-refractivity contribution < 1.29 is 40.9 Å². The second-order valence-corrected chi connectivity index (χ2v) is 14.4. The quantitative estimate of drug-likeness (QED) is 0.274. The van der Waals surface area contributed by atoms with Crippen LogP contribution >= 0.6 is 23.2 Å². The molecule has 3 fully saturated rings. The van der Waals surface area contributed by atoms with Gasteiger partial charge in [-0.15, -0.1) is 0 Å². The average Bonchev–Trinajstić information content (AvgIpc) is 3.27. The number of carbonyl (C=O) groups is 2. The van der Waals surface area contributed by atoms with Gasteiger partial charge in [-0.1, -0.05) is 0 Å². The van der Waals surface area contributed by atoms with Crippen LogP contribution in [0.4, 0.5) is 0 Å². The van der Waals surface area contributed by atoms with Gasteiger partial charge >= 0.3 is 223 Å². The molecule has 0 radical (unpaired) electrons. The molecule has 10 heteroatoms. The second kappa shape index (κ2) is 10.4. The fourth-order valence-corrected chi connectivity index (χ4v) is 9.67. The van der Waals surface area contributed by atoms with Crippen molar-refractivity contribution in [3.05, 3.63) is 33.8 Å². The maximum atomic E-state index is 13.7. The van der Waals surface area contributed by atoms with E-state index < -0.39 is 32.6 Å². The summed E-state index contributed by atoms with van der Waals surface area (Å²) >= 11 is 11.9. The van der Waals surface area contributed by atoms with Crippen LogP contribution in [0.5, 0.6) is 0 Å². The Morgan fingerprint density at radius 1 is 1.18 bits per heavy atom. The number of carbonyl (C=O) groups excluding carboxylic acids is 2. The molecular weight excluding hydrogens is 592 g/mol. The van der Waals surface area contributed by atoms with E-state index in [-0.39, 0.29) is 28.2 Å². The second-order valence-electron chi connectivity index (χ2n) is 10.1. The van der Waals surface area contributed by atoms with Crippen molar-refractivity contribution in [2.75, 3.05) is 39.4 Å². The first-order chi connectivity index (χ1) is 16.0. The molecule has 34 heavy (non-hydrogen) atoms. The van der Waals surface area contributed by atoms with Crippen molar-refractivity contribution in [3.63, 3.8) is 0 Å². The van der Waals surface area contributed by atoms with Gasteiger partial charge in [-0.25, -0.2) is 0 Å². The molecule has 0 aromatic heterocycles. The number of aliphatic hydroxyl groups is 1. The van der Waals surface area contributed by atoms with Crippen molar-refractivity contribution in [2.24, 2.45) is 0 Å². The van der Waals surface area contributed by atoms with Crippen molar-refractivity contribution in [1.82, 2.24) is 12.9 Å². The molecule has 1 N–H and O–H groups in total. The third-order valence-electron chi connectivity index (χ3n) is 6.91. The van der Waals surface area contributed by atoms with Crippen molar-refractivity contribution in [1.29, 1.82) is 0 Å². The van der Waals surface area contributed by atoms with Gasteiger partial charge in [-0.3, -0.25) is 0 Å². The Balaban J connectivity index is 1.64. The molecule has 190 valence electrons. The zero-order valence-electron chi connectivity index (χ0n) is 19.9. The summed E-state index contributed by atoms with van der Waals surface area (Å²) in [5.74, 6) is -0.303. The van der Waals surface area contributed by atoms with Gasteiger partial charge in [0.2, 0.25) is 0 Å². The zero-order chi connectivity index (χ0) is 24.7. The number of alkyl halides is 1. The van der Waals surface area contributed by atoms with Gasteiger partial charge in [0.15, 0.2) is 0 Å². The predicted molar refractivity (Wildman–Crippen MR) is 127 cm³/mol. The molecule has 0 saturated carbocycles. The molecule has 4 rings (SSSR count). The summed E-state index contributed by atoms with van der Waals surface area (Å²) in [4.78, 5) is 30.7. The summed E-state index contributed by atoms with van der Waals surface area (Å²) in [6, 6.07) is 5.13. The van der Waals surface area contributed by atoms with Crippen LogP contribution in [-0.4, -0.2) is 90.3 Å². The molecule has 3 unspecified atom stereocenters. The summed E-state index contributed by atoms with van der Waals surface area (Å²) in [6.45, 7) is 8.97. The van der Waals surface area contributed by atoms with E-state index in [9.17, 15) is 14.7 Å². The Bertz CT molecular complexity index is 937. The van der Waals surface area contributed by atoms with Gasteiger partial charge in [0.1, 0.15) is 0 Å². The van der Waals surface area contributed by atoms with Crippen LogP contribution in [0.15, 0.2) is 18.2 Å². The average molecular weight is 625 g/mol. The molecular formula is C24H33Cl2IN3O4-. The number of piperazine rings is 1. The molecule has 3 saturated heterocycles. The molecule has 0 aliphatic carbocycles. The number of amides is 2. The van der Waals surface area contributed by atoms with Gasteiger partial charge in [0.25, 0.3) is 0 Å². The van der Waals surface area contributed by atoms with E-state index in [0.29, 0.717) is 36.3 Å². The standard InChI is InChI=1S/C24H33Cl2IN3O4/c1-23(2,33)22(32)30-11-10-29(20(31)13-16-6-7-17(25)18(26)12-16)21-19(14-34-15-24(21,30)3)27-28-8-4-5-9-28/h6-7,12,19,21,33H,4-5,8-11,13-15H2,1-3H3/q-1. The molecule has 7 nitrogen and oxygen atoms in total. The van der Waals surface area contributed by atoms with Crippen LogP contribution < -0.4 is 21.5 Å². The molecule has 3 aliphatic rings. The molecule has 3 atom stereocenters. The number of rotatable bonds is 5. The first-order valence-electron chi connectivity index (χ1n) is 11.7. The van der Waals surface area contributed by atoms with Crippen LogP contribution in [-0.2, 0) is 20.7 Å². The molecule has 0 spiro atoms. The molecule has 1 aromatic rings. The van der Waals surface area contributed by atoms with Gasteiger partial charge < -0.3 is 0 Å². The first-order valence-corrected chi connectivity index (χ1v) is 14.7. The van der Waals surface area contributed by atoms with Gasteiger partial charge in [0, 0.05) is 0 Å². The van der Waals surface area contributed by atoms with Crippen LogP contribution in [0.2, 0.25) is 10.0 Å². The van der Waals surface area contributed by atoms with E-state index in [0.717, 1.165) is 18.7 Å². The summed E-state index contributed by atoms with van der Waals surface area (Å²) < 4.78 is 8.80. The number of hydrogen-bond donors (Lipinski definition) is 1. The van der Waals surface area contributed by atoms with E-state index in [1.165, 1.54) is 26.7 Å². The number of nitrogens with zero attached hydrogens (tertiary/aromatic N) is 3. The minimum absolute atomic E-state index is 0.0160. The number of ether oxygens (including phenoxy) is 1. The SMILES string of the molecule is CC(C)(O)C(=O)N1CCN(C(=O)Cc2ccc(Cl)c(Cl)c2)C2C([I-]N3CCCC3)COCC21C. The number of fused-ring (bicyclic) bond motifs is 1. The molecule has 0 bridgehead atoms. The predicted octanol–water partition coefficient (Wildman–Crippen LogP) is -0.396. The van der Waals surface area contributed by atoms with E-state index in [2.05, 4.69) is 3.11 Å². The Kier molecular flexibility index (Phi) is 8.06. The van der Waals surface area contributed by atoms with Crippen molar-refractivity contribution in [3.8, 4) is 0 Å². The fourth-order valence-electron chi connectivity index (χ4n) is 5.22. The third kappa shape index (κ3) is 5.37. The number of halogens is 3. The third-order valence-corrected chi connectivity index (χ3v) is 11.2. The Morgan fingerprint density at radius 2 is 1.88 bits per heavy atom. The van der Waals surface area contributed by atoms with E-state index in [4.69, 9.17) is 27.9 Å². The molecule has 3 aliphatic heterocycles. The van der Waals surface area contributed by atoms with Crippen molar-refractivity contribution >= 4 is 35.0 Å². The van der Waals surface area contributed by atoms with Crippen LogP contribution in [0.1, 0.15) is 39.2 Å². The Morgan fingerprint density at radius 3 is 2.53 bits per heavy atom. The zero-order valence-corrected chi connectivity index (χ0v) is 23.6. The van der Waals surface area contributed by atoms with E-state index in [1.807, 2.05) is 17.9 Å². The normalized spacial score (nSPS) is 28.3. The monoisotopic (exact) mass is 624 g/mol. The maximum absolute atomic E-state index is 13.7. The first kappa shape index (κ1) is 26.4. The van der Waals surface area contributed by atoms with Crippen LogP contribution in [0.3, 0.4) is 0 Å². The molecule has 2 amide bonds.